The first kappa shape index (κ1) is 30.4. The molecule has 258 valence electrons. The van der Waals surface area contributed by atoms with Crippen LogP contribution in [0.5, 0.6) is 0 Å². The van der Waals surface area contributed by atoms with E-state index in [2.05, 4.69) is 193 Å². The zero-order valence-corrected chi connectivity index (χ0v) is 30.5. The fraction of sp³-hybridized carbons (Fsp3) is 0.0588. The Hall–Kier alpha value is -7.04. The molecule has 55 heavy (non-hydrogen) atoms. The molecule has 0 spiro atoms. The van der Waals surface area contributed by atoms with E-state index in [1.165, 1.54) is 71.2 Å². The third-order valence-corrected chi connectivity index (χ3v) is 12.1. The highest BCUT2D eigenvalue weighted by Crippen LogP contribution is 2.48. The molecule has 0 atom stereocenters. The minimum atomic E-state index is -0.161. The molecule has 3 aromatic heterocycles. The number of aromatic nitrogens is 4. The normalized spacial score (nSPS) is 13.4. The lowest BCUT2D eigenvalue weighted by Gasteiger charge is -2.34. The molecule has 0 bridgehead atoms. The Kier molecular flexibility index (Phi) is 6.09. The van der Waals surface area contributed by atoms with Crippen molar-refractivity contribution in [1.29, 1.82) is 0 Å². The predicted octanol–water partition coefficient (Wildman–Crippen LogP) is 13.0. The van der Waals surface area contributed by atoms with Gasteiger partial charge in [0.15, 0.2) is 0 Å². The fourth-order valence-electron chi connectivity index (χ4n) is 9.54. The highest BCUT2D eigenvalue weighted by molar-refractivity contribution is 6.19. The summed E-state index contributed by atoms with van der Waals surface area (Å²) in [5.74, 6) is 0.687. The molecule has 4 heteroatoms. The monoisotopic (exact) mass is 702 g/mol. The van der Waals surface area contributed by atoms with Crippen LogP contribution in [-0.4, -0.2) is 19.1 Å². The highest BCUT2D eigenvalue weighted by atomic mass is 15.2. The standard InChI is InChI=1S/C51H34N4/c1-51(2)41-19-10-8-18-39(41)48-47-42(51)20-12-21-43(47)52-50(53-48)55-45-28-25-32(29-40(45)38-27-23-31-13-6-7-16-35(31)49(38)55)33-24-26-37-36-17-9-11-22-44(36)54(46(37)30-33)34-14-4-3-5-15-34/h3-30H,1-2H3. The average Bonchev–Trinajstić information content (AvgIpc) is 3.75. The molecule has 0 saturated heterocycles. The summed E-state index contributed by atoms with van der Waals surface area (Å²) in [5.41, 5.74) is 13.7. The number of fused-ring (bicyclic) bond motifs is 10. The van der Waals surface area contributed by atoms with Crippen molar-refractivity contribution in [2.75, 3.05) is 0 Å². The smallest absolute Gasteiger partial charge is 0.235 e. The van der Waals surface area contributed by atoms with Crippen LogP contribution in [0.25, 0.3) is 99.3 Å². The summed E-state index contributed by atoms with van der Waals surface area (Å²) in [6, 6.07) is 61.7. The molecular formula is C51H34N4. The SMILES string of the molecule is CC1(C)c2ccccc2-c2nc(-n3c4ccc(-c5ccc6c7ccccc7n(-c7ccccc7)c6c5)cc4c4ccc5ccccc5c43)nc3cccc1c23. The van der Waals surface area contributed by atoms with E-state index in [0.717, 1.165) is 33.3 Å². The molecule has 0 radical (unpaired) electrons. The summed E-state index contributed by atoms with van der Waals surface area (Å²) in [7, 11) is 0. The number of hydrogen-bond acceptors (Lipinski definition) is 2. The lowest BCUT2D eigenvalue weighted by Crippen LogP contribution is -2.24. The first-order valence-corrected chi connectivity index (χ1v) is 19.0. The molecule has 3 heterocycles. The summed E-state index contributed by atoms with van der Waals surface area (Å²) in [6.45, 7) is 4.63. The zero-order valence-electron chi connectivity index (χ0n) is 30.5. The second-order valence-electron chi connectivity index (χ2n) is 15.4. The summed E-state index contributed by atoms with van der Waals surface area (Å²) in [5, 5.41) is 8.38. The van der Waals surface area contributed by atoms with Crippen molar-refractivity contribution >= 4 is 65.3 Å². The van der Waals surface area contributed by atoms with Crippen molar-refractivity contribution in [2.24, 2.45) is 0 Å². The Balaban J connectivity index is 1.13. The Morgan fingerprint density at radius 1 is 0.455 bits per heavy atom. The quantitative estimate of drug-likeness (QED) is 0.184. The van der Waals surface area contributed by atoms with Crippen LogP contribution in [0.3, 0.4) is 0 Å². The van der Waals surface area contributed by atoms with Gasteiger partial charge in [0, 0.05) is 49.0 Å². The van der Waals surface area contributed by atoms with Crippen LogP contribution in [0.4, 0.5) is 0 Å². The van der Waals surface area contributed by atoms with E-state index in [1.54, 1.807) is 0 Å². The van der Waals surface area contributed by atoms with Crippen LogP contribution >= 0.6 is 0 Å². The molecule has 0 unspecified atom stereocenters. The van der Waals surface area contributed by atoms with Gasteiger partial charge in [0.2, 0.25) is 5.95 Å². The second-order valence-corrected chi connectivity index (χ2v) is 15.4. The lowest BCUT2D eigenvalue weighted by molar-refractivity contribution is 0.643. The van der Waals surface area contributed by atoms with Crippen LogP contribution in [0.2, 0.25) is 0 Å². The van der Waals surface area contributed by atoms with E-state index in [9.17, 15) is 0 Å². The Labute approximate surface area is 317 Å². The van der Waals surface area contributed by atoms with E-state index in [1.807, 2.05) is 0 Å². The van der Waals surface area contributed by atoms with Gasteiger partial charge < -0.3 is 4.57 Å². The summed E-state index contributed by atoms with van der Waals surface area (Å²) < 4.78 is 4.69. The van der Waals surface area contributed by atoms with Crippen molar-refractivity contribution in [1.82, 2.24) is 19.1 Å². The van der Waals surface area contributed by atoms with Crippen LogP contribution in [0.15, 0.2) is 170 Å². The molecule has 8 aromatic carbocycles. The van der Waals surface area contributed by atoms with Gasteiger partial charge in [-0.3, -0.25) is 4.57 Å². The van der Waals surface area contributed by atoms with Gasteiger partial charge in [-0.15, -0.1) is 0 Å². The maximum Gasteiger partial charge on any atom is 0.235 e. The Morgan fingerprint density at radius 2 is 1.15 bits per heavy atom. The van der Waals surface area contributed by atoms with Crippen molar-refractivity contribution in [2.45, 2.75) is 19.3 Å². The number of benzene rings is 8. The molecule has 0 amide bonds. The second kappa shape index (κ2) is 11.0. The van der Waals surface area contributed by atoms with Gasteiger partial charge in [0.25, 0.3) is 0 Å². The number of hydrogen-bond donors (Lipinski definition) is 0. The zero-order chi connectivity index (χ0) is 36.4. The molecule has 0 aliphatic heterocycles. The third kappa shape index (κ3) is 4.17. The molecule has 4 nitrogen and oxygen atoms in total. The van der Waals surface area contributed by atoms with Gasteiger partial charge >= 0.3 is 0 Å². The maximum atomic E-state index is 5.51. The number of rotatable bonds is 3. The minimum Gasteiger partial charge on any atom is -0.309 e. The molecule has 0 fully saturated rings. The summed E-state index contributed by atoms with van der Waals surface area (Å²) >= 11 is 0. The molecular weight excluding hydrogens is 669 g/mol. The topological polar surface area (TPSA) is 35.6 Å². The van der Waals surface area contributed by atoms with Gasteiger partial charge in [0.05, 0.1) is 33.3 Å². The van der Waals surface area contributed by atoms with Gasteiger partial charge in [-0.2, -0.15) is 0 Å². The van der Waals surface area contributed by atoms with Gasteiger partial charge in [-0.05, 0) is 70.1 Å². The average molecular weight is 703 g/mol. The molecule has 1 aliphatic carbocycles. The first-order valence-electron chi connectivity index (χ1n) is 19.0. The molecule has 0 saturated carbocycles. The first-order chi connectivity index (χ1) is 27.0. The van der Waals surface area contributed by atoms with E-state index >= 15 is 0 Å². The molecule has 1 aliphatic rings. The molecule has 11 aromatic rings. The number of nitrogens with zero attached hydrogens (tertiary/aromatic N) is 4. The molecule has 12 rings (SSSR count). The van der Waals surface area contributed by atoms with Crippen LogP contribution in [0.1, 0.15) is 25.0 Å². The van der Waals surface area contributed by atoms with Gasteiger partial charge in [-0.25, -0.2) is 9.97 Å². The number of para-hydroxylation sites is 2. The van der Waals surface area contributed by atoms with Crippen molar-refractivity contribution in [3.05, 3.63) is 181 Å². The van der Waals surface area contributed by atoms with E-state index in [-0.39, 0.29) is 5.41 Å². The van der Waals surface area contributed by atoms with Gasteiger partial charge in [-0.1, -0.05) is 141 Å². The van der Waals surface area contributed by atoms with Crippen LogP contribution in [0, 0.1) is 0 Å². The van der Waals surface area contributed by atoms with Crippen molar-refractivity contribution in [3.8, 4) is 34.0 Å². The Bertz CT molecular complexity index is 3400. The third-order valence-electron chi connectivity index (χ3n) is 12.1. The maximum absolute atomic E-state index is 5.51. The summed E-state index contributed by atoms with van der Waals surface area (Å²) in [4.78, 5) is 10.9. The van der Waals surface area contributed by atoms with E-state index in [0.29, 0.717) is 5.95 Å². The van der Waals surface area contributed by atoms with E-state index in [4.69, 9.17) is 9.97 Å². The van der Waals surface area contributed by atoms with Crippen molar-refractivity contribution < 1.29 is 0 Å². The van der Waals surface area contributed by atoms with Crippen molar-refractivity contribution in [3.63, 3.8) is 0 Å². The van der Waals surface area contributed by atoms with E-state index < -0.39 is 0 Å². The summed E-state index contributed by atoms with van der Waals surface area (Å²) in [6.07, 6.45) is 0. The predicted molar refractivity (Wildman–Crippen MR) is 229 cm³/mol. The highest BCUT2D eigenvalue weighted by Gasteiger charge is 2.35. The minimum absolute atomic E-state index is 0.161. The van der Waals surface area contributed by atoms with Crippen LogP contribution < -0.4 is 0 Å². The molecule has 0 N–H and O–H groups in total. The largest absolute Gasteiger partial charge is 0.309 e. The Morgan fingerprint density at radius 3 is 2.05 bits per heavy atom. The van der Waals surface area contributed by atoms with Crippen LogP contribution in [-0.2, 0) is 5.41 Å². The van der Waals surface area contributed by atoms with Gasteiger partial charge in [0.1, 0.15) is 0 Å². The fourth-order valence-corrected chi connectivity index (χ4v) is 9.54. The lowest BCUT2D eigenvalue weighted by atomic mass is 9.70.